The molecular formula is C26H26F2N8. The fraction of sp³-hybridized carbons (Fsp3) is 0.269. The predicted octanol–water partition coefficient (Wildman–Crippen LogP) is 4.03. The van der Waals surface area contributed by atoms with Crippen molar-refractivity contribution >= 4 is 22.8 Å². The Morgan fingerprint density at radius 3 is 2.72 bits per heavy atom. The second-order valence-electron chi connectivity index (χ2n) is 8.80. The third kappa shape index (κ3) is 3.97. The van der Waals surface area contributed by atoms with Gasteiger partial charge in [-0.2, -0.15) is 5.26 Å². The summed E-state index contributed by atoms with van der Waals surface area (Å²) in [5.41, 5.74) is 8.90. The molecule has 2 aromatic heterocycles. The Bertz CT molecular complexity index is 1490. The van der Waals surface area contributed by atoms with Crippen molar-refractivity contribution in [2.75, 3.05) is 43.1 Å². The van der Waals surface area contributed by atoms with Gasteiger partial charge in [0.2, 0.25) is 0 Å². The average molecular weight is 489 g/mol. The van der Waals surface area contributed by atoms with E-state index in [-0.39, 0.29) is 11.1 Å². The number of nitrogens with zero attached hydrogens (tertiary/aromatic N) is 5. The lowest BCUT2D eigenvalue weighted by Crippen LogP contribution is -2.44. The molecular weight excluding hydrogens is 462 g/mol. The van der Waals surface area contributed by atoms with Gasteiger partial charge in [-0.1, -0.05) is 6.07 Å². The first kappa shape index (κ1) is 23.5. The van der Waals surface area contributed by atoms with Gasteiger partial charge in [0.15, 0.2) is 11.5 Å². The van der Waals surface area contributed by atoms with Gasteiger partial charge in [0, 0.05) is 49.7 Å². The maximum absolute atomic E-state index is 15.5. The highest BCUT2D eigenvalue weighted by Gasteiger charge is 2.26. The molecule has 36 heavy (non-hydrogen) atoms. The number of likely N-dealkylation sites (N-methyl/N-ethyl adjacent to an activating group) is 1. The molecule has 8 nitrogen and oxygen atoms in total. The van der Waals surface area contributed by atoms with Crippen molar-refractivity contribution in [3.63, 3.8) is 0 Å². The summed E-state index contributed by atoms with van der Waals surface area (Å²) in [6.07, 6.45) is 5.43. The van der Waals surface area contributed by atoms with Gasteiger partial charge in [-0.25, -0.2) is 18.7 Å². The zero-order valence-corrected chi connectivity index (χ0v) is 20.0. The van der Waals surface area contributed by atoms with Crippen LogP contribution in [0.3, 0.4) is 0 Å². The van der Waals surface area contributed by atoms with E-state index in [0.29, 0.717) is 45.8 Å². The molecule has 0 radical (unpaired) electrons. The van der Waals surface area contributed by atoms with Gasteiger partial charge >= 0.3 is 0 Å². The Labute approximate surface area is 207 Å². The number of piperidine rings is 1. The second-order valence-corrected chi connectivity index (χ2v) is 8.80. The first-order valence-electron chi connectivity index (χ1n) is 11.7. The highest BCUT2D eigenvalue weighted by molar-refractivity contribution is 5.87. The number of halogens is 2. The number of rotatable bonds is 5. The molecule has 0 bridgehead atoms. The molecule has 4 aromatic rings. The molecule has 0 saturated carbocycles. The number of hydrogen-bond acceptors (Lipinski definition) is 7. The highest BCUT2D eigenvalue weighted by atomic mass is 19.1. The van der Waals surface area contributed by atoms with E-state index < -0.39 is 11.6 Å². The smallest absolute Gasteiger partial charge is 0.181 e. The van der Waals surface area contributed by atoms with E-state index in [0.717, 1.165) is 25.9 Å². The van der Waals surface area contributed by atoms with E-state index >= 15 is 4.39 Å². The summed E-state index contributed by atoms with van der Waals surface area (Å²) in [6.45, 7) is 1.57. The summed E-state index contributed by atoms with van der Waals surface area (Å²) in [7, 11) is 3.61. The summed E-state index contributed by atoms with van der Waals surface area (Å²) in [5.74, 6) is -0.508. The molecule has 4 N–H and O–H groups in total. The normalized spacial score (nSPS) is 15.8. The Morgan fingerprint density at radius 2 is 2.00 bits per heavy atom. The number of anilines is 3. The number of aromatic nitrogens is 3. The lowest BCUT2D eigenvalue weighted by atomic mass is 10.0. The fourth-order valence-electron chi connectivity index (χ4n) is 4.79. The van der Waals surface area contributed by atoms with Crippen LogP contribution in [0, 0.1) is 23.0 Å². The predicted molar refractivity (Wildman–Crippen MR) is 137 cm³/mol. The second kappa shape index (κ2) is 9.43. The van der Waals surface area contributed by atoms with E-state index in [4.69, 9.17) is 16.0 Å². The molecule has 1 unspecified atom stereocenters. The lowest BCUT2D eigenvalue weighted by molar-refractivity contribution is 0.448. The van der Waals surface area contributed by atoms with Crippen LogP contribution in [-0.4, -0.2) is 47.6 Å². The van der Waals surface area contributed by atoms with E-state index in [2.05, 4.69) is 20.5 Å². The quantitative estimate of drug-likeness (QED) is 0.364. The maximum Gasteiger partial charge on any atom is 0.181 e. The van der Waals surface area contributed by atoms with Crippen molar-refractivity contribution in [2.45, 2.75) is 18.9 Å². The molecule has 1 fully saturated rings. The highest BCUT2D eigenvalue weighted by Crippen LogP contribution is 2.39. The van der Waals surface area contributed by atoms with E-state index in [1.54, 1.807) is 36.0 Å². The van der Waals surface area contributed by atoms with Gasteiger partial charge in [-0.3, -0.25) is 4.40 Å². The number of hydrogen-bond donors (Lipinski definition) is 3. The van der Waals surface area contributed by atoms with Crippen molar-refractivity contribution in [2.24, 2.45) is 0 Å². The topological polar surface area (TPSA) is 107 Å². The molecule has 0 spiro atoms. The van der Waals surface area contributed by atoms with Crippen molar-refractivity contribution in [1.29, 1.82) is 5.26 Å². The summed E-state index contributed by atoms with van der Waals surface area (Å²) in [6, 6.07) is 9.28. The van der Waals surface area contributed by atoms with Gasteiger partial charge in [0.05, 0.1) is 28.3 Å². The fourth-order valence-corrected chi connectivity index (χ4v) is 4.79. The minimum absolute atomic E-state index is 0.0772. The molecule has 1 atom stereocenters. The molecule has 0 aliphatic carbocycles. The van der Waals surface area contributed by atoms with Crippen molar-refractivity contribution in [3.8, 4) is 28.6 Å². The number of nitrogen functional groups attached to an aromatic ring is 1. The first-order valence-corrected chi connectivity index (χ1v) is 11.7. The van der Waals surface area contributed by atoms with Gasteiger partial charge in [0.25, 0.3) is 0 Å². The third-order valence-corrected chi connectivity index (χ3v) is 6.68. The van der Waals surface area contributed by atoms with Crippen LogP contribution in [0.2, 0.25) is 0 Å². The lowest BCUT2D eigenvalue weighted by Gasteiger charge is -2.33. The van der Waals surface area contributed by atoms with Crippen molar-refractivity contribution < 1.29 is 8.78 Å². The Balaban J connectivity index is 1.78. The molecule has 1 aliphatic rings. The molecule has 1 aliphatic heterocycles. The number of imidazole rings is 1. The van der Waals surface area contributed by atoms with Crippen LogP contribution in [-0.2, 0) is 0 Å². The minimum atomic E-state index is -0.672. The van der Waals surface area contributed by atoms with Gasteiger partial charge in [0.1, 0.15) is 17.7 Å². The third-order valence-electron chi connectivity index (χ3n) is 6.68. The van der Waals surface area contributed by atoms with Gasteiger partial charge in [-0.05, 0) is 44.2 Å². The molecule has 1 saturated heterocycles. The zero-order chi connectivity index (χ0) is 25.4. The Kier molecular flexibility index (Phi) is 6.16. The minimum Gasteiger partial charge on any atom is -0.397 e. The molecule has 5 rings (SSSR count). The van der Waals surface area contributed by atoms with Crippen LogP contribution in [0.5, 0.6) is 0 Å². The summed E-state index contributed by atoms with van der Waals surface area (Å²) < 4.78 is 31.9. The van der Waals surface area contributed by atoms with Crippen LogP contribution in [0.4, 0.5) is 26.0 Å². The summed E-state index contributed by atoms with van der Waals surface area (Å²) in [4.78, 5) is 11.6. The first-order chi connectivity index (χ1) is 17.4. The summed E-state index contributed by atoms with van der Waals surface area (Å²) in [5, 5.41) is 15.4. The number of nitriles is 1. The van der Waals surface area contributed by atoms with Crippen LogP contribution < -0.4 is 21.3 Å². The van der Waals surface area contributed by atoms with Gasteiger partial charge < -0.3 is 21.3 Å². The van der Waals surface area contributed by atoms with E-state index in [9.17, 15) is 4.39 Å². The number of nitrogens with one attached hydrogen (secondary N) is 2. The molecule has 2 aromatic carbocycles. The number of benzene rings is 2. The molecule has 10 heteroatoms. The summed E-state index contributed by atoms with van der Waals surface area (Å²) >= 11 is 0. The molecule has 184 valence electrons. The Hall–Kier alpha value is -4.23. The van der Waals surface area contributed by atoms with E-state index in [1.807, 2.05) is 13.1 Å². The van der Waals surface area contributed by atoms with Crippen LogP contribution in [0.25, 0.3) is 28.2 Å². The molecule has 3 heterocycles. The maximum atomic E-state index is 15.5. The Morgan fingerprint density at radius 1 is 1.17 bits per heavy atom. The van der Waals surface area contributed by atoms with E-state index in [1.165, 1.54) is 18.2 Å². The van der Waals surface area contributed by atoms with Crippen LogP contribution in [0.15, 0.2) is 42.7 Å². The van der Waals surface area contributed by atoms with Gasteiger partial charge in [-0.15, -0.1) is 0 Å². The largest absolute Gasteiger partial charge is 0.397 e. The number of fused-ring (bicyclic) bond motifs is 1. The molecule has 0 amide bonds. The average Bonchev–Trinajstić information content (AvgIpc) is 3.29. The van der Waals surface area contributed by atoms with Crippen molar-refractivity contribution in [3.05, 3.63) is 59.9 Å². The van der Waals surface area contributed by atoms with Crippen LogP contribution in [0.1, 0.15) is 18.4 Å². The standard InChI is InChI=1S/C26H26F2N8/c1-31-17-4-3-8-35(14-17)25-26-34-23(15-5-6-16(13-29)19(27)10-15)24(36(26)9-7-33-25)18-11-21(30)22(32-2)12-20(18)28/h5-7,9-12,17,31-32H,3-4,8,14,30H2,1-2H3. The van der Waals surface area contributed by atoms with Crippen molar-refractivity contribution in [1.82, 2.24) is 19.7 Å². The SMILES string of the molecule is CNc1cc(F)c(-c2c(-c3ccc(C#N)c(F)c3)nc3c(N4CCCC(NC)C4)nccn23)cc1N. The van der Waals surface area contributed by atoms with Crippen LogP contribution >= 0.6 is 0 Å². The number of nitrogens with two attached hydrogens (primary N) is 1. The zero-order valence-electron chi connectivity index (χ0n) is 20.0. The monoisotopic (exact) mass is 488 g/mol.